The van der Waals surface area contributed by atoms with Crippen molar-refractivity contribution in [3.8, 4) is 0 Å². The van der Waals surface area contributed by atoms with E-state index in [4.69, 9.17) is 4.74 Å². The minimum atomic E-state index is -1.87. The fourth-order valence-corrected chi connectivity index (χ4v) is 3.71. The van der Waals surface area contributed by atoms with Crippen LogP contribution in [0.15, 0.2) is 60.7 Å². The van der Waals surface area contributed by atoms with Crippen molar-refractivity contribution in [1.82, 2.24) is 10.6 Å². The molecule has 11 nitrogen and oxygen atoms in total. The maximum atomic E-state index is 13.2. The molecular formula is C26H30N2O9. The monoisotopic (exact) mass is 514 g/mol. The van der Waals surface area contributed by atoms with Crippen LogP contribution >= 0.6 is 0 Å². The summed E-state index contributed by atoms with van der Waals surface area (Å²) in [5.74, 6) is -7.30. The number of nitrogens with one attached hydrogen (secondary N) is 2. The number of aliphatic hydroxyl groups is 1. The molecule has 0 fully saturated rings. The Morgan fingerprint density at radius 2 is 1.22 bits per heavy atom. The molecule has 11 heteroatoms. The molecule has 0 aromatic heterocycles. The first-order valence-corrected chi connectivity index (χ1v) is 11.3. The van der Waals surface area contributed by atoms with E-state index in [0.717, 1.165) is 21.3 Å². The molecule has 2 amide bonds. The molecular weight excluding hydrogens is 484 g/mol. The predicted molar refractivity (Wildman–Crippen MR) is 130 cm³/mol. The Morgan fingerprint density at radius 3 is 1.70 bits per heavy atom. The van der Waals surface area contributed by atoms with Gasteiger partial charge in [-0.1, -0.05) is 55.5 Å². The van der Waals surface area contributed by atoms with Gasteiger partial charge in [-0.25, -0.2) is 4.79 Å². The maximum absolute atomic E-state index is 13.2. The van der Waals surface area contributed by atoms with Crippen LogP contribution in [0, 0.1) is 11.8 Å². The quantitative estimate of drug-likeness (QED) is 0.224. The van der Waals surface area contributed by atoms with Crippen LogP contribution < -0.4 is 10.6 Å². The van der Waals surface area contributed by atoms with Crippen molar-refractivity contribution in [2.75, 3.05) is 21.3 Å². The van der Waals surface area contributed by atoms with E-state index >= 15 is 0 Å². The Labute approximate surface area is 214 Å². The van der Waals surface area contributed by atoms with Crippen molar-refractivity contribution in [1.29, 1.82) is 0 Å². The highest BCUT2D eigenvalue weighted by Crippen LogP contribution is 2.22. The molecule has 0 spiro atoms. The molecule has 0 radical (unpaired) electrons. The van der Waals surface area contributed by atoms with Gasteiger partial charge in [0.25, 0.3) is 11.8 Å². The second-order valence-electron chi connectivity index (χ2n) is 8.07. The number of methoxy groups -OCH3 is 3. The van der Waals surface area contributed by atoms with Gasteiger partial charge in [0.2, 0.25) is 0 Å². The van der Waals surface area contributed by atoms with Gasteiger partial charge in [-0.15, -0.1) is 0 Å². The largest absolute Gasteiger partial charge is 0.468 e. The molecule has 0 saturated heterocycles. The van der Waals surface area contributed by atoms with Crippen LogP contribution in [0.2, 0.25) is 0 Å². The van der Waals surface area contributed by atoms with Crippen molar-refractivity contribution >= 4 is 29.7 Å². The lowest BCUT2D eigenvalue weighted by Crippen LogP contribution is -2.55. The fraction of sp³-hybridized carbons (Fsp3) is 0.346. The van der Waals surface area contributed by atoms with Crippen LogP contribution in [0.1, 0.15) is 28.9 Å². The molecule has 2 aromatic rings. The minimum Gasteiger partial charge on any atom is -0.468 e. The third kappa shape index (κ3) is 7.37. The molecule has 0 unspecified atom stereocenters. The van der Waals surface area contributed by atoms with Crippen LogP contribution in [-0.4, -0.2) is 68.3 Å². The Bertz CT molecular complexity index is 1080. The summed E-state index contributed by atoms with van der Waals surface area (Å²) in [4.78, 5) is 63.0. The average molecular weight is 515 g/mol. The summed E-state index contributed by atoms with van der Waals surface area (Å²) >= 11 is 0. The highest BCUT2D eigenvalue weighted by molar-refractivity contribution is 5.97. The van der Waals surface area contributed by atoms with Gasteiger partial charge >= 0.3 is 17.9 Å². The topological polar surface area (TPSA) is 157 Å². The van der Waals surface area contributed by atoms with E-state index in [-0.39, 0.29) is 0 Å². The predicted octanol–water partition coefficient (Wildman–Crippen LogP) is 0.775. The molecule has 0 aliphatic carbocycles. The smallest absolute Gasteiger partial charge is 0.328 e. The third-order valence-electron chi connectivity index (χ3n) is 5.78. The van der Waals surface area contributed by atoms with E-state index in [0.29, 0.717) is 11.1 Å². The lowest BCUT2D eigenvalue weighted by atomic mass is 9.87. The molecule has 0 saturated carbocycles. The molecule has 0 bridgehead atoms. The summed E-state index contributed by atoms with van der Waals surface area (Å²) in [5, 5.41) is 16.0. The molecule has 37 heavy (non-hydrogen) atoms. The van der Waals surface area contributed by atoms with Gasteiger partial charge in [0, 0.05) is 11.5 Å². The maximum Gasteiger partial charge on any atom is 0.328 e. The Hall–Kier alpha value is -4.25. The standard InChI is InChI=1S/C26H30N2O9/c1-15(18(24(32)35-2)25(33)36-3)19(26(34)37-4)27-23(31)21(29)20(16-11-7-5-8-12-16)28-22(30)17-13-9-6-10-14-17/h5-15,18-21,29H,1-4H3,(H,27,31)(H,28,30)/t15-,19-,20-,21+/m0/s1. The second-order valence-corrected chi connectivity index (χ2v) is 8.07. The molecule has 0 heterocycles. The van der Waals surface area contributed by atoms with E-state index in [1.54, 1.807) is 60.7 Å². The Kier molecular flexibility index (Phi) is 10.8. The number of benzene rings is 2. The van der Waals surface area contributed by atoms with Gasteiger partial charge in [0.15, 0.2) is 12.0 Å². The number of aliphatic hydroxyl groups excluding tert-OH is 1. The number of amides is 2. The Morgan fingerprint density at radius 1 is 0.730 bits per heavy atom. The van der Waals surface area contributed by atoms with Gasteiger partial charge in [0.1, 0.15) is 6.04 Å². The molecule has 2 rings (SSSR count). The number of hydrogen-bond donors (Lipinski definition) is 3. The zero-order chi connectivity index (χ0) is 27.5. The normalized spacial score (nSPS) is 13.9. The molecule has 198 valence electrons. The van der Waals surface area contributed by atoms with Crippen molar-refractivity contribution in [2.45, 2.75) is 25.1 Å². The molecule has 0 aliphatic rings. The summed E-state index contributed by atoms with van der Waals surface area (Å²) in [6.07, 6.45) is -1.87. The fourth-order valence-electron chi connectivity index (χ4n) is 3.71. The average Bonchev–Trinajstić information content (AvgIpc) is 2.94. The zero-order valence-electron chi connectivity index (χ0n) is 20.9. The molecule has 0 aliphatic heterocycles. The van der Waals surface area contributed by atoms with E-state index < -0.39 is 59.7 Å². The van der Waals surface area contributed by atoms with E-state index in [1.807, 2.05) is 0 Å². The summed E-state index contributed by atoms with van der Waals surface area (Å²) in [7, 11) is 3.17. The first kappa shape index (κ1) is 29.0. The van der Waals surface area contributed by atoms with E-state index in [1.165, 1.54) is 6.92 Å². The number of carbonyl (C=O) groups excluding carboxylic acids is 5. The van der Waals surface area contributed by atoms with Crippen molar-refractivity contribution < 1.29 is 43.3 Å². The third-order valence-corrected chi connectivity index (χ3v) is 5.78. The second kappa shape index (κ2) is 13.7. The molecule has 4 atom stereocenters. The van der Waals surface area contributed by atoms with Gasteiger partial charge in [-0.05, 0) is 17.7 Å². The highest BCUT2D eigenvalue weighted by Gasteiger charge is 2.43. The van der Waals surface area contributed by atoms with Crippen LogP contribution in [-0.2, 0) is 33.4 Å². The number of ether oxygens (including phenoxy) is 3. The van der Waals surface area contributed by atoms with E-state index in [2.05, 4.69) is 20.1 Å². The van der Waals surface area contributed by atoms with Gasteiger partial charge in [0.05, 0.1) is 27.4 Å². The molecule has 3 N–H and O–H groups in total. The lowest BCUT2D eigenvalue weighted by molar-refractivity contribution is -0.164. The SMILES string of the molecule is COC(=O)C(C(=O)OC)[C@H](C)[C@H](NC(=O)[C@H](O)[C@@H](NC(=O)c1ccccc1)c1ccccc1)C(=O)OC. The number of carbonyl (C=O) groups is 5. The highest BCUT2D eigenvalue weighted by atomic mass is 16.5. The van der Waals surface area contributed by atoms with Crippen molar-refractivity contribution in [3.05, 3.63) is 71.8 Å². The van der Waals surface area contributed by atoms with Gasteiger partial charge in [-0.2, -0.15) is 0 Å². The summed E-state index contributed by atoms with van der Waals surface area (Å²) in [6.45, 7) is 1.35. The first-order valence-electron chi connectivity index (χ1n) is 11.3. The van der Waals surface area contributed by atoms with Crippen LogP contribution in [0.25, 0.3) is 0 Å². The Balaban J connectivity index is 2.35. The first-order chi connectivity index (χ1) is 17.7. The van der Waals surface area contributed by atoms with E-state index in [9.17, 15) is 29.1 Å². The van der Waals surface area contributed by atoms with Crippen LogP contribution in [0.5, 0.6) is 0 Å². The van der Waals surface area contributed by atoms with Crippen LogP contribution in [0.4, 0.5) is 0 Å². The minimum absolute atomic E-state index is 0.302. The summed E-state index contributed by atoms with van der Waals surface area (Å²) in [6, 6.07) is 13.7. The zero-order valence-corrected chi connectivity index (χ0v) is 20.9. The van der Waals surface area contributed by atoms with Crippen LogP contribution in [0.3, 0.4) is 0 Å². The van der Waals surface area contributed by atoms with Crippen molar-refractivity contribution in [2.24, 2.45) is 11.8 Å². The van der Waals surface area contributed by atoms with Gasteiger partial charge in [-0.3, -0.25) is 19.2 Å². The van der Waals surface area contributed by atoms with Gasteiger partial charge < -0.3 is 30.0 Å². The summed E-state index contributed by atoms with van der Waals surface area (Å²) < 4.78 is 14.1. The number of rotatable bonds is 11. The number of hydrogen-bond acceptors (Lipinski definition) is 9. The molecule has 2 aromatic carbocycles. The number of esters is 3. The van der Waals surface area contributed by atoms with Crippen molar-refractivity contribution in [3.63, 3.8) is 0 Å². The summed E-state index contributed by atoms with van der Waals surface area (Å²) in [5.41, 5.74) is 0.718. The lowest BCUT2D eigenvalue weighted by Gasteiger charge is -2.29.